The van der Waals surface area contributed by atoms with E-state index in [9.17, 15) is 13.2 Å². The molecule has 0 aliphatic carbocycles. The summed E-state index contributed by atoms with van der Waals surface area (Å²) in [5.74, 6) is 1.22. The van der Waals surface area contributed by atoms with Crippen LogP contribution in [0.1, 0.15) is 5.56 Å². The number of aryl methyl sites for hydroxylation is 1. The van der Waals surface area contributed by atoms with Crippen molar-refractivity contribution < 1.29 is 27.4 Å². The van der Waals surface area contributed by atoms with E-state index in [0.717, 1.165) is 9.87 Å². The monoisotopic (exact) mass is 484 g/mol. The maximum atomic E-state index is 13.5. The van der Waals surface area contributed by atoms with E-state index in [1.165, 1.54) is 19.2 Å². The molecule has 0 unspecified atom stereocenters. The second-order valence-corrected chi connectivity index (χ2v) is 9.23. The van der Waals surface area contributed by atoms with Gasteiger partial charge in [-0.05, 0) is 55.5 Å². The normalized spacial score (nSPS) is 10.9. The molecule has 0 bridgehead atoms. The summed E-state index contributed by atoms with van der Waals surface area (Å²) in [6.45, 7) is 1.88. The van der Waals surface area contributed by atoms with E-state index in [2.05, 4.69) is 5.32 Å². The molecule has 0 saturated heterocycles. The molecular formula is C25H28N2O6S. The van der Waals surface area contributed by atoms with Gasteiger partial charge in [-0.2, -0.15) is 0 Å². The number of benzene rings is 3. The summed E-state index contributed by atoms with van der Waals surface area (Å²) in [4.78, 5) is 12.8. The van der Waals surface area contributed by atoms with Gasteiger partial charge in [0.15, 0.2) is 0 Å². The van der Waals surface area contributed by atoms with Gasteiger partial charge >= 0.3 is 0 Å². The molecule has 0 radical (unpaired) electrons. The predicted molar refractivity (Wildman–Crippen MR) is 130 cm³/mol. The van der Waals surface area contributed by atoms with Crippen molar-refractivity contribution in [3.8, 4) is 17.2 Å². The van der Waals surface area contributed by atoms with Crippen LogP contribution in [-0.2, 0) is 14.8 Å². The molecule has 0 aliphatic rings. The Bertz CT molecular complexity index is 1190. The van der Waals surface area contributed by atoms with Gasteiger partial charge in [-0.15, -0.1) is 0 Å². The van der Waals surface area contributed by atoms with Crippen LogP contribution in [0.2, 0.25) is 0 Å². The summed E-state index contributed by atoms with van der Waals surface area (Å²) in [7, 11) is -0.997. The molecule has 0 spiro atoms. The number of hydrogen-bond donors (Lipinski definition) is 1. The van der Waals surface area contributed by atoms with Crippen LogP contribution in [0.5, 0.6) is 17.2 Å². The molecule has 8 nitrogen and oxygen atoms in total. The zero-order valence-electron chi connectivity index (χ0n) is 19.4. The standard InChI is InChI=1S/C25H28N2O6S/c1-19-8-14-22(15-9-19)34(29,30)27(23-6-4-5-7-24(23)32-3)18-25(28)26-16-17-33-21-12-10-20(31-2)11-13-21/h4-15H,16-18H2,1-3H3,(H,26,28). The number of ether oxygens (including phenoxy) is 3. The Hall–Kier alpha value is -3.72. The summed E-state index contributed by atoms with van der Waals surface area (Å²) < 4.78 is 44.1. The maximum Gasteiger partial charge on any atom is 0.264 e. The highest BCUT2D eigenvalue weighted by atomic mass is 32.2. The van der Waals surface area contributed by atoms with Crippen molar-refractivity contribution in [1.29, 1.82) is 0 Å². The number of nitrogens with zero attached hydrogens (tertiary/aromatic N) is 1. The van der Waals surface area contributed by atoms with E-state index in [-0.39, 0.29) is 23.7 Å². The van der Waals surface area contributed by atoms with Crippen LogP contribution in [-0.4, -0.2) is 48.2 Å². The molecule has 0 atom stereocenters. The lowest BCUT2D eigenvalue weighted by atomic mass is 10.2. The molecule has 34 heavy (non-hydrogen) atoms. The van der Waals surface area contributed by atoms with Crippen LogP contribution in [0, 0.1) is 6.92 Å². The first kappa shape index (κ1) is 24.9. The lowest BCUT2D eigenvalue weighted by Crippen LogP contribution is -2.42. The Morgan fingerprint density at radius 1 is 0.882 bits per heavy atom. The predicted octanol–water partition coefficient (Wildman–Crippen LogP) is 3.40. The number of carbonyl (C=O) groups excluding carboxylic acids is 1. The minimum atomic E-state index is -4.03. The number of carbonyl (C=O) groups is 1. The molecule has 9 heteroatoms. The minimum absolute atomic E-state index is 0.0830. The summed E-state index contributed by atoms with van der Waals surface area (Å²) >= 11 is 0. The van der Waals surface area contributed by atoms with E-state index in [1.54, 1.807) is 67.8 Å². The molecule has 0 saturated carbocycles. The van der Waals surface area contributed by atoms with Crippen molar-refractivity contribution in [1.82, 2.24) is 5.32 Å². The number of amides is 1. The lowest BCUT2D eigenvalue weighted by Gasteiger charge is -2.25. The van der Waals surface area contributed by atoms with Crippen molar-refractivity contribution in [2.24, 2.45) is 0 Å². The van der Waals surface area contributed by atoms with Crippen LogP contribution in [0.15, 0.2) is 77.7 Å². The van der Waals surface area contributed by atoms with E-state index < -0.39 is 22.5 Å². The van der Waals surface area contributed by atoms with Crippen LogP contribution in [0.3, 0.4) is 0 Å². The number of rotatable bonds is 11. The van der Waals surface area contributed by atoms with Gasteiger partial charge in [0.05, 0.1) is 31.3 Å². The number of anilines is 1. The molecule has 3 rings (SSSR count). The van der Waals surface area contributed by atoms with Crippen molar-refractivity contribution in [2.75, 3.05) is 38.2 Å². The number of methoxy groups -OCH3 is 2. The zero-order chi connectivity index (χ0) is 24.6. The fraction of sp³-hybridized carbons (Fsp3) is 0.240. The summed E-state index contributed by atoms with van der Waals surface area (Å²) in [6, 6.07) is 20.2. The van der Waals surface area contributed by atoms with Crippen LogP contribution < -0.4 is 23.8 Å². The van der Waals surface area contributed by atoms with Crippen molar-refractivity contribution in [3.05, 3.63) is 78.4 Å². The van der Waals surface area contributed by atoms with Crippen LogP contribution >= 0.6 is 0 Å². The average Bonchev–Trinajstić information content (AvgIpc) is 2.85. The second kappa shape index (κ2) is 11.4. The highest BCUT2D eigenvalue weighted by Gasteiger charge is 2.29. The van der Waals surface area contributed by atoms with Crippen LogP contribution in [0.25, 0.3) is 0 Å². The molecule has 180 valence electrons. The second-order valence-electron chi connectivity index (χ2n) is 7.37. The van der Waals surface area contributed by atoms with Crippen molar-refractivity contribution in [2.45, 2.75) is 11.8 Å². The topological polar surface area (TPSA) is 94.2 Å². The maximum absolute atomic E-state index is 13.5. The molecular weight excluding hydrogens is 456 g/mol. The highest BCUT2D eigenvalue weighted by molar-refractivity contribution is 7.92. The van der Waals surface area contributed by atoms with Gasteiger partial charge in [-0.1, -0.05) is 29.8 Å². The van der Waals surface area contributed by atoms with Crippen molar-refractivity contribution in [3.63, 3.8) is 0 Å². The Kier molecular flexibility index (Phi) is 8.37. The number of hydrogen-bond acceptors (Lipinski definition) is 6. The van der Waals surface area contributed by atoms with Crippen LogP contribution in [0.4, 0.5) is 5.69 Å². The molecule has 1 amide bonds. The summed E-state index contributed by atoms with van der Waals surface area (Å²) in [5, 5.41) is 2.71. The average molecular weight is 485 g/mol. The molecule has 3 aromatic carbocycles. The fourth-order valence-corrected chi connectivity index (χ4v) is 4.62. The van der Waals surface area contributed by atoms with Gasteiger partial charge in [0, 0.05) is 0 Å². The van der Waals surface area contributed by atoms with E-state index in [0.29, 0.717) is 17.2 Å². The highest BCUT2D eigenvalue weighted by Crippen LogP contribution is 2.32. The Morgan fingerprint density at radius 3 is 2.18 bits per heavy atom. The largest absolute Gasteiger partial charge is 0.497 e. The van der Waals surface area contributed by atoms with E-state index >= 15 is 0 Å². The third kappa shape index (κ3) is 6.20. The minimum Gasteiger partial charge on any atom is -0.497 e. The van der Waals surface area contributed by atoms with Gasteiger partial charge in [0.2, 0.25) is 5.91 Å². The third-order valence-electron chi connectivity index (χ3n) is 5.00. The summed E-state index contributed by atoms with van der Waals surface area (Å²) in [6.07, 6.45) is 0. The van der Waals surface area contributed by atoms with Gasteiger partial charge in [0.1, 0.15) is 30.4 Å². The molecule has 3 aromatic rings. The molecule has 1 N–H and O–H groups in total. The molecule has 0 aromatic heterocycles. The quantitative estimate of drug-likeness (QED) is 0.419. The lowest BCUT2D eigenvalue weighted by molar-refractivity contribution is -0.119. The smallest absolute Gasteiger partial charge is 0.264 e. The van der Waals surface area contributed by atoms with E-state index in [4.69, 9.17) is 14.2 Å². The number of sulfonamides is 1. The van der Waals surface area contributed by atoms with Gasteiger partial charge in [0.25, 0.3) is 10.0 Å². The summed E-state index contributed by atoms with van der Waals surface area (Å²) in [5.41, 5.74) is 1.20. The Morgan fingerprint density at radius 2 is 1.53 bits per heavy atom. The molecule has 0 aliphatic heterocycles. The van der Waals surface area contributed by atoms with E-state index in [1.807, 2.05) is 6.92 Å². The number of para-hydroxylation sites is 2. The first-order chi connectivity index (χ1) is 16.3. The Labute approximate surface area is 200 Å². The SMILES string of the molecule is COc1ccc(OCCNC(=O)CN(c2ccccc2OC)S(=O)(=O)c2ccc(C)cc2)cc1. The molecule has 0 fully saturated rings. The zero-order valence-corrected chi connectivity index (χ0v) is 20.2. The molecule has 0 heterocycles. The van der Waals surface area contributed by atoms with Crippen molar-refractivity contribution >= 4 is 21.6 Å². The first-order valence-electron chi connectivity index (χ1n) is 10.6. The fourth-order valence-electron chi connectivity index (χ4n) is 3.19. The Balaban J connectivity index is 1.72. The van der Waals surface area contributed by atoms with Gasteiger partial charge < -0.3 is 19.5 Å². The third-order valence-corrected chi connectivity index (χ3v) is 6.78. The first-order valence-corrected chi connectivity index (χ1v) is 12.0. The van der Waals surface area contributed by atoms with Gasteiger partial charge in [-0.3, -0.25) is 9.10 Å². The number of nitrogens with one attached hydrogen (secondary N) is 1. The van der Waals surface area contributed by atoms with Gasteiger partial charge in [-0.25, -0.2) is 8.42 Å².